The molecule has 0 atom stereocenters. The number of fused-ring (bicyclic) bond motifs is 1. The van der Waals surface area contributed by atoms with Crippen molar-refractivity contribution in [2.75, 3.05) is 0 Å². The second-order valence-corrected chi connectivity index (χ2v) is 5.73. The Morgan fingerprint density at radius 2 is 1.83 bits per heavy atom. The molecule has 1 N–H and O–H groups in total. The van der Waals surface area contributed by atoms with E-state index in [1.54, 1.807) is 17.8 Å². The van der Waals surface area contributed by atoms with Crippen molar-refractivity contribution in [1.29, 1.82) is 0 Å². The SMILES string of the molecule is Oc1ccccc1SCc1ccc2c(c1)CCC2. The molecule has 0 amide bonds. The molecule has 1 nitrogen and oxygen atoms in total. The van der Waals surface area contributed by atoms with Crippen LogP contribution < -0.4 is 0 Å². The third kappa shape index (κ3) is 2.39. The number of phenolic OH excluding ortho intramolecular Hbond substituents is 1. The highest BCUT2D eigenvalue weighted by Gasteiger charge is 2.11. The van der Waals surface area contributed by atoms with Crippen molar-refractivity contribution in [2.45, 2.75) is 29.9 Å². The van der Waals surface area contributed by atoms with Gasteiger partial charge in [-0.05, 0) is 48.1 Å². The normalized spacial score (nSPS) is 13.6. The summed E-state index contributed by atoms with van der Waals surface area (Å²) in [6, 6.07) is 14.3. The topological polar surface area (TPSA) is 20.2 Å². The molecule has 1 aliphatic carbocycles. The Balaban J connectivity index is 1.72. The summed E-state index contributed by atoms with van der Waals surface area (Å²) in [6.45, 7) is 0. The quantitative estimate of drug-likeness (QED) is 0.832. The number of phenols is 1. The van der Waals surface area contributed by atoms with Crippen LogP contribution in [0.25, 0.3) is 0 Å². The van der Waals surface area contributed by atoms with E-state index in [-0.39, 0.29) is 0 Å². The Morgan fingerprint density at radius 1 is 1.00 bits per heavy atom. The van der Waals surface area contributed by atoms with Gasteiger partial charge in [-0.2, -0.15) is 0 Å². The van der Waals surface area contributed by atoms with Gasteiger partial charge < -0.3 is 5.11 Å². The number of benzene rings is 2. The van der Waals surface area contributed by atoms with Gasteiger partial charge in [-0.15, -0.1) is 11.8 Å². The largest absolute Gasteiger partial charge is 0.507 e. The lowest BCUT2D eigenvalue weighted by Crippen LogP contribution is -1.86. The van der Waals surface area contributed by atoms with E-state index in [1.807, 2.05) is 18.2 Å². The highest BCUT2D eigenvalue weighted by atomic mass is 32.2. The van der Waals surface area contributed by atoms with E-state index in [0.717, 1.165) is 10.6 Å². The Bertz CT molecular complexity index is 563. The summed E-state index contributed by atoms with van der Waals surface area (Å²) in [4.78, 5) is 0.956. The summed E-state index contributed by atoms with van der Waals surface area (Å²) in [5, 5.41) is 9.72. The van der Waals surface area contributed by atoms with E-state index in [4.69, 9.17) is 0 Å². The second kappa shape index (κ2) is 5.07. The molecule has 0 aromatic heterocycles. The third-order valence-corrected chi connectivity index (χ3v) is 4.56. The van der Waals surface area contributed by atoms with Crippen molar-refractivity contribution in [3.05, 3.63) is 59.2 Å². The minimum atomic E-state index is 0.378. The van der Waals surface area contributed by atoms with Crippen LogP contribution in [0, 0.1) is 0 Å². The van der Waals surface area contributed by atoms with E-state index in [0.29, 0.717) is 5.75 Å². The van der Waals surface area contributed by atoms with E-state index in [9.17, 15) is 5.11 Å². The first kappa shape index (κ1) is 11.7. The molecule has 0 spiro atoms. The van der Waals surface area contributed by atoms with Gasteiger partial charge in [0, 0.05) is 10.6 Å². The fourth-order valence-electron chi connectivity index (χ4n) is 2.46. The third-order valence-electron chi connectivity index (χ3n) is 3.42. The van der Waals surface area contributed by atoms with Gasteiger partial charge in [0.05, 0.1) is 0 Å². The Kier molecular flexibility index (Phi) is 3.28. The second-order valence-electron chi connectivity index (χ2n) is 4.71. The minimum absolute atomic E-state index is 0.378. The van der Waals surface area contributed by atoms with Crippen LogP contribution in [0.4, 0.5) is 0 Å². The molecule has 0 heterocycles. The molecule has 0 saturated carbocycles. The molecule has 3 rings (SSSR count). The molecular formula is C16H16OS. The molecule has 1 aliphatic rings. The molecule has 2 aromatic carbocycles. The maximum Gasteiger partial charge on any atom is 0.129 e. The molecule has 0 fully saturated rings. The van der Waals surface area contributed by atoms with Crippen molar-refractivity contribution in [2.24, 2.45) is 0 Å². The number of aromatic hydroxyl groups is 1. The first-order valence-corrected chi connectivity index (χ1v) is 7.33. The molecule has 0 unspecified atom stereocenters. The van der Waals surface area contributed by atoms with Crippen molar-refractivity contribution >= 4 is 11.8 Å². The van der Waals surface area contributed by atoms with Crippen LogP contribution in [0.1, 0.15) is 23.1 Å². The first-order chi connectivity index (χ1) is 8.83. The molecule has 92 valence electrons. The van der Waals surface area contributed by atoms with Crippen LogP contribution in [0.15, 0.2) is 47.4 Å². The van der Waals surface area contributed by atoms with Gasteiger partial charge in [-0.25, -0.2) is 0 Å². The molecule has 0 saturated heterocycles. The molecule has 18 heavy (non-hydrogen) atoms. The van der Waals surface area contributed by atoms with Gasteiger partial charge in [-0.1, -0.05) is 30.3 Å². The molecule has 0 aliphatic heterocycles. The molecule has 2 aromatic rings. The minimum Gasteiger partial charge on any atom is -0.507 e. The lowest BCUT2D eigenvalue weighted by Gasteiger charge is -2.06. The van der Waals surface area contributed by atoms with Crippen LogP contribution in [0.3, 0.4) is 0 Å². The van der Waals surface area contributed by atoms with Crippen molar-refractivity contribution in [3.63, 3.8) is 0 Å². The smallest absolute Gasteiger partial charge is 0.129 e. The maximum absolute atomic E-state index is 9.72. The highest BCUT2D eigenvalue weighted by molar-refractivity contribution is 7.98. The van der Waals surface area contributed by atoms with E-state index in [1.165, 1.54) is 36.0 Å². The molecular weight excluding hydrogens is 240 g/mol. The number of thioether (sulfide) groups is 1. The van der Waals surface area contributed by atoms with E-state index in [2.05, 4.69) is 18.2 Å². The van der Waals surface area contributed by atoms with Crippen LogP contribution in [-0.2, 0) is 18.6 Å². The zero-order chi connectivity index (χ0) is 12.4. The number of hydrogen-bond acceptors (Lipinski definition) is 2. The summed E-state index contributed by atoms with van der Waals surface area (Å²) in [6.07, 6.45) is 3.76. The van der Waals surface area contributed by atoms with E-state index >= 15 is 0 Å². The van der Waals surface area contributed by atoms with Crippen LogP contribution in [-0.4, -0.2) is 5.11 Å². The van der Waals surface area contributed by atoms with Gasteiger partial charge in [0.25, 0.3) is 0 Å². The standard InChI is InChI=1S/C16H16OS/c17-15-6-1-2-7-16(15)18-11-12-8-9-13-4-3-5-14(13)10-12/h1-2,6-10,17H,3-5,11H2. The zero-order valence-corrected chi connectivity index (χ0v) is 11.0. The Morgan fingerprint density at radius 3 is 2.72 bits per heavy atom. The number of rotatable bonds is 3. The van der Waals surface area contributed by atoms with E-state index < -0.39 is 0 Å². The van der Waals surface area contributed by atoms with Crippen molar-refractivity contribution < 1.29 is 5.11 Å². The fraction of sp³-hybridized carbons (Fsp3) is 0.250. The van der Waals surface area contributed by atoms with Crippen LogP contribution >= 0.6 is 11.8 Å². The van der Waals surface area contributed by atoms with Crippen molar-refractivity contribution in [1.82, 2.24) is 0 Å². The summed E-state index contributed by atoms with van der Waals surface area (Å²) in [5.41, 5.74) is 4.39. The lowest BCUT2D eigenvalue weighted by atomic mass is 10.1. The van der Waals surface area contributed by atoms with Gasteiger partial charge in [0.15, 0.2) is 0 Å². The molecule has 2 heteroatoms. The number of para-hydroxylation sites is 1. The van der Waals surface area contributed by atoms with Gasteiger partial charge >= 0.3 is 0 Å². The van der Waals surface area contributed by atoms with Gasteiger partial charge in [0.2, 0.25) is 0 Å². The summed E-state index contributed by atoms with van der Waals surface area (Å²) in [7, 11) is 0. The predicted molar refractivity (Wildman–Crippen MR) is 76.1 cm³/mol. The Labute approximate surface area is 112 Å². The first-order valence-electron chi connectivity index (χ1n) is 6.34. The summed E-state index contributed by atoms with van der Waals surface area (Å²) < 4.78 is 0. The highest BCUT2D eigenvalue weighted by Crippen LogP contribution is 2.31. The van der Waals surface area contributed by atoms with Gasteiger partial charge in [0.1, 0.15) is 5.75 Å². The van der Waals surface area contributed by atoms with Crippen molar-refractivity contribution in [3.8, 4) is 5.75 Å². The number of aryl methyl sites for hydroxylation is 2. The lowest BCUT2D eigenvalue weighted by molar-refractivity contribution is 0.462. The van der Waals surface area contributed by atoms with Crippen LogP contribution in [0.2, 0.25) is 0 Å². The maximum atomic E-state index is 9.72. The number of hydrogen-bond donors (Lipinski definition) is 1. The zero-order valence-electron chi connectivity index (χ0n) is 10.2. The Hall–Kier alpha value is -1.41. The summed E-state index contributed by atoms with van der Waals surface area (Å²) in [5.74, 6) is 1.30. The molecule has 0 radical (unpaired) electrons. The average Bonchev–Trinajstić information content (AvgIpc) is 2.85. The fourth-order valence-corrected chi connectivity index (χ4v) is 3.35. The predicted octanol–water partition coefficient (Wildman–Crippen LogP) is 4.17. The summed E-state index contributed by atoms with van der Waals surface area (Å²) >= 11 is 1.70. The van der Waals surface area contributed by atoms with Gasteiger partial charge in [-0.3, -0.25) is 0 Å². The molecule has 0 bridgehead atoms. The average molecular weight is 256 g/mol. The van der Waals surface area contributed by atoms with Crippen LogP contribution in [0.5, 0.6) is 5.75 Å². The monoisotopic (exact) mass is 256 g/mol.